The number of hydrogen-bond acceptors (Lipinski definition) is 3. The quantitative estimate of drug-likeness (QED) is 0.759. The molecule has 0 amide bonds. The first-order valence-corrected chi connectivity index (χ1v) is 8.03. The zero-order valence-electron chi connectivity index (χ0n) is 11.5. The Balaban J connectivity index is 2.29. The molecule has 1 atom stereocenters. The smallest absolute Gasteiger partial charge is 0.173 e. The summed E-state index contributed by atoms with van der Waals surface area (Å²) in [6, 6.07) is 8.22. The van der Waals surface area contributed by atoms with Crippen LogP contribution >= 0.6 is 31.9 Å². The minimum absolute atomic E-state index is 0.177. The van der Waals surface area contributed by atoms with Crippen LogP contribution in [-0.4, -0.2) is 13.7 Å². The summed E-state index contributed by atoms with van der Waals surface area (Å²) >= 11 is 6.97. The summed E-state index contributed by atoms with van der Waals surface area (Å²) in [4.78, 5) is 0. The van der Waals surface area contributed by atoms with Crippen molar-refractivity contribution in [1.82, 2.24) is 5.32 Å². The third kappa shape index (κ3) is 3.65. The summed E-state index contributed by atoms with van der Waals surface area (Å²) in [6.07, 6.45) is 2.52. The van der Waals surface area contributed by atoms with Crippen LogP contribution in [0.15, 0.2) is 44.1 Å². The van der Waals surface area contributed by atoms with Gasteiger partial charge in [-0.2, -0.15) is 0 Å². The van der Waals surface area contributed by atoms with Crippen LogP contribution in [0.25, 0.3) is 0 Å². The number of furan rings is 1. The zero-order chi connectivity index (χ0) is 14.5. The lowest BCUT2D eigenvalue weighted by Gasteiger charge is -2.19. The molecule has 5 heteroatoms. The fourth-order valence-corrected chi connectivity index (χ4v) is 3.14. The first-order chi connectivity index (χ1) is 9.65. The highest BCUT2D eigenvalue weighted by Crippen LogP contribution is 2.31. The summed E-state index contributed by atoms with van der Waals surface area (Å²) in [5.41, 5.74) is 2.27. The van der Waals surface area contributed by atoms with Crippen molar-refractivity contribution in [3.8, 4) is 5.75 Å². The summed E-state index contributed by atoms with van der Waals surface area (Å²) in [5, 5.41) is 3.48. The molecule has 1 N–H and O–H groups in total. The van der Waals surface area contributed by atoms with Crippen molar-refractivity contribution in [1.29, 1.82) is 0 Å². The molecule has 0 aliphatic carbocycles. The zero-order valence-corrected chi connectivity index (χ0v) is 14.6. The molecule has 1 unspecified atom stereocenters. The molecule has 0 fully saturated rings. The molecular weight excluding hydrogens is 386 g/mol. The van der Waals surface area contributed by atoms with Gasteiger partial charge in [-0.05, 0) is 58.7 Å². The van der Waals surface area contributed by atoms with Crippen LogP contribution in [0, 0.1) is 0 Å². The minimum Gasteiger partial charge on any atom is -0.496 e. The number of rotatable bonds is 6. The van der Waals surface area contributed by atoms with Crippen molar-refractivity contribution in [2.75, 3.05) is 13.7 Å². The van der Waals surface area contributed by atoms with Gasteiger partial charge in [0, 0.05) is 16.1 Å². The maximum atomic E-state index is 5.44. The largest absolute Gasteiger partial charge is 0.496 e. The van der Waals surface area contributed by atoms with E-state index in [-0.39, 0.29) is 6.04 Å². The minimum atomic E-state index is 0.177. The molecule has 20 heavy (non-hydrogen) atoms. The molecule has 0 aliphatic rings. The van der Waals surface area contributed by atoms with Crippen molar-refractivity contribution in [2.24, 2.45) is 0 Å². The van der Waals surface area contributed by atoms with Crippen LogP contribution in [0.4, 0.5) is 0 Å². The van der Waals surface area contributed by atoms with Gasteiger partial charge in [0.1, 0.15) is 5.75 Å². The van der Waals surface area contributed by atoms with E-state index in [9.17, 15) is 0 Å². The van der Waals surface area contributed by atoms with Gasteiger partial charge in [0.2, 0.25) is 0 Å². The van der Waals surface area contributed by atoms with Crippen LogP contribution < -0.4 is 10.1 Å². The Morgan fingerprint density at radius 3 is 2.70 bits per heavy atom. The van der Waals surface area contributed by atoms with Crippen LogP contribution in [-0.2, 0) is 6.42 Å². The van der Waals surface area contributed by atoms with Crippen molar-refractivity contribution in [3.05, 3.63) is 50.8 Å². The van der Waals surface area contributed by atoms with Crippen molar-refractivity contribution >= 4 is 31.9 Å². The molecule has 0 aliphatic heterocycles. The Hall–Kier alpha value is -0.780. The fraction of sp³-hybridized carbons (Fsp3) is 0.333. The summed E-state index contributed by atoms with van der Waals surface area (Å²) in [7, 11) is 1.70. The number of hydrogen-bond donors (Lipinski definition) is 1. The molecule has 2 aromatic rings. The first-order valence-electron chi connectivity index (χ1n) is 6.44. The fourth-order valence-electron chi connectivity index (χ4n) is 2.22. The molecule has 0 radical (unpaired) electrons. The summed E-state index contributed by atoms with van der Waals surface area (Å²) in [5.74, 6) is 0.899. The van der Waals surface area contributed by atoms with Gasteiger partial charge in [-0.1, -0.05) is 22.9 Å². The highest BCUT2D eigenvalue weighted by atomic mass is 79.9. The average molecular weight is 403 g/mol. The van der Waals surface area contributed by atoms with Gasteiger partial charge in [-0.15, -0.1) is 0 Å². The SMILES string of the molecule is CCNC(Cc1cc(Br)ccc1OC)c1ccoc1Br. The number of nitrogens with one attached hydrogen (secondary N) is 1. The Morgan fingerprint density at radius 2 is 2.10 bits per heavy atom. The third-order valence-electron chi connectivity index (χ3n) is 3.14. The van der Waals surface area contributed by atoms with Crippen LogP contribution in [0.1, 0.15) is 24.1 Å². The maximum Gasteiger partial charge on any atom is 0.173 e. The van der Waals surface area contributed by atoms with E-state index in [0.717, 1.165) is 39.0 Å². The van der Waals surface area contributed by atoms with Gasteiger partial charge in [0.05, 0.1) is 13.4 Å². The Labute approximate surface area is 136 Å². The number of likely N-dealkylation sites (N-methyl/N-ethyl adjacent to an activating group) is 1. The second kappa shape index (κ2) is 7.29. The van der Waals surface area contributed by atoms with Gasteiger partial charge in [-0.25, -0.2) is 0 Å². The van der Waals surface area contributed by atoms with E-state index in [1.54, 1.807) is 13.4 Å². The second-order valence-electron chi connectivity index (χ2n) is 4.42. The van der Waals surface area contributed by atoms with Crippen LogP contribution in [0.2, 0.25) is 0 Å². The van der Waals surface area contributed by atoms with E-state index in [1.165, 1.54) is 0 Å². The Morgan fingerprint density at radius 1 is 1.30 bits per heavy atom. The van der Waals surface area contributed by atoms with Gasteiger partial charge in [0.25, 0.3) is 0 Å². The predicted molar refractivity (Wildman–Crippen MR) is 87.2 cm³/mol. The number of benzene rings is 1. The molecule has 1 heterocycles. The first kappa shape index (κ1) is 15.6. The predicted octanol–water partition coefficient (Wildman–Crippen LogP) is 4.71. The molecule has 1 aromatic carbocycles. The second-order valence-corrected chi connectivity index (χ2v) is 6.06. The Bertz CT molecular complexity index is 569. The highest BCUT2D eigenvalue weighted by Gasteiger charge is 2.18. The van der Waals surface area contributed by atoms with Crippen LogP contribution in [0.3, 0.4) is 0 Å². The van der Waals surface area contributed by atoms with E-state index < -0.39 is 0 Å². The summed E-state index contributed by atoms with van der Waals surface area (Å²) < 4.78 is 12.6. The molecule has 0 spiro atoms. The Kier molecular flexibility index (Phi) is 5.69. The molecular formula is C15H17Br2NO2. The topological polar surface area (TPSA) is 34.4 Å². The van der Waals surface area contributed by atoms with E-state index in [2.05, 4.69) is 50.2 Å². The normalized spacial score (nSPS) is 12.4. The van der Waals surface area contributed by atoms with Gasteiger partial charge < -0.3 is 14.5 Å². The number of methoxy groups -OCH3 is 1. The molecule has 0 saturated carbocycles. The van der Waals surface area contributed by atoms with Gasteiger partial charge in [0.15, 0.2) is 4.67 Å². The molecule has 0 saturated heterocycles. The number of ether oxygens (including phenoxy) is 1. The van der Waals surface area contributed by atoms with E-state index in [4.69, 9.17) is 9.15 Å². The lowest BCUT2D eigenvalue weighted by atomic mass is 10.0. The van der Waals surface area contributed by atoms with Crippen molar-refractivity contribution in [2.45, 2.75) is 19.4 Å². The third-order valence-corrected chi connectivity index (χ3v) is 4.28. The highest BCUT2D eigenvalue weighted by molar-refractivity contribution is 9.10. The molecule has 0 bridgehead atoms. The average Bonchev–Trinajstić information content (AvgIpc) is 2.85. The lowest BCUT2D eigenvalue weighted by molar-refractivity contribution is 0.405. The van der Waals surface area contributed by atoms with Gasteiger partial charge in [-0.3, -0.25) is 0 Å². The van der Waals surface area contributed by atoms with Crippen LogP contribution in [0.5, 0.6) is 5.75 Å². The monoisotopic (exact) mass is 401 g/mol. The molecule has 108 valence electrons. The van der Waals surface area contributed by atoms with E-state index >= 15 is 0 Å². The molecule has 3 nitrogen and oxygen atoms in total. The van der Waals surface area contributed by atoms with Crippen molar-refractivity contribution in [3.63, 3.8) is 0 Å². The maximum absolute atomic E-state index is 5.44. The van der Waals surface area contributed by atoms with E-state index in [0.29, 0.717) is 0 Å². The number of halogens is 2. The summed E-state index contributed by atoms with van der Waals surface area (Å²) in [6.45, 7) is 2.98. The lowest BCUT2D eigenvalue weighted by Crippen LogP contribution is -2.23. The van der Waals surface area contributed by atoms with Gasteiger partial charge >= 0.3 is 0 Å². The molecule has 1 aromatic heterocycles. The van der Waals surface area contributed by atoms with E-state index in [1.807, 2.05) is 18.2 Å². The molecule has 2 rings (SSSR count). The van der Waals surface area contributed by atoms with Crippen molar-refractivity contribution < 1.29 is 9.15 Å². The standard InChI is InChI=1S/C15H17Br2NO2/c1-3-18-13(12-6-7-20-15(12)17)9-10-8-11(16)4-5-14(10)19-2/h4-8,13,18H,3,9H2,1-2H3.